The molecular formula is C12H10N2O2S2. The Bertz CT molecular complexity index is 540. The summed E-state index contributed by atoms with van der Waals surface area (Å²) in [6.07, 6.45) is 1.83. The summed E-state index contributed by atoms with van der Waals surface area (Å²) in [6, 6.07) is 9.54. The normalized spacial score (nSPS) is 17.6. The third kappa shape index (κ3) is 2.77. The average Bonchev–Trinajstić information content (AvgIpc) is 2.58. The molecule has 1 aliphatic heterocycles. The van der Waals surface area contributed by atoms with Crippen molar-refractivity contribution >= 4 is 46.2 Å². The van der Waals surface area contributed by atoms with Gasteiger partial charge in [0.05, 0.1) is 4.91 Å². The van der Waals surface area contributed by atoms with Crippen LogP contribution in [-0.2, 0) is 4.79 Å². The van der Waals surface area contributed by atoms with Crippen molar-refractivity contribution < 1.29 is 9.59 Å². The number of hydrogen-bond donors (Lipinski definition) is 1. The minimum absolute atomic E-state index is 0.170. The summed E-state index contributed by atoms with van der Waals surface area (Å²) in [5.74, 6) is -0.577. The standard InChI is InChI=1S/C12H10N2O2S2/c13-10(15)7-14-11(17)9(18-12(14)16)6-8-4-2-1-3-5-8/h1-6H,7H2,(H2,13,15). The molecule has 0 radical (unpaired) electrons. The first-order valence-electron chi connectivity index (χ1n) is 5.16. The summed E-state index contributed by atoms with van der Waals surface area (Å²) < 4.78 is 0. The number of rotatable bonds is 3. The van der Waals surface area contributed by atoms with E-state index in [4.69, 9.17) is 18.0 Å². The molecule has 0 spiro atoms. The van der Waals surface area contributed by atoms with Crippen LogP contribution >= 0.6 is 24.0 Å². The number of carbonyl (C=O) groups excluding carboxylic acids is 2. The van der Waals surface area contributed by atoms with Crippen LogP contribution in [0, 0.1) is 0 Å². The number of hydrogen-bond acceptors (Lipinski definition) is 4. The number of nitrogens with zero attached hydrogens (tertiary/aromatic N) is 1. The van der Waals surface area contributed by atoms with Gasteiger partial charge in [0, 0.05) is 0 Å². The van der Waals surface area contributed by atoms with Crippen molar-refractivity contribution in [3.05, 3.63) is 40.8 Å². The van der Waals surface area contributed by atoms with Crippen molar-refractivity contribution in [2.24, 2.45) is 5.73 Å². The molecule has 1 saturated heterocycles. The first kappa shape index (κ1) is 12.8. The van der Waals surface area contributed by atoms with Crippen LogP contribution in [0.1, 0.15) is 5.56 Å². The molecule has 4 nitrogen and oxygen atoms in total. The summed E-state index contributed by atoms with van der Waals surface area (Å²) in [7, 11) is 0. The first-order chi connectivity index (χ1) is 8.58. The average molecular weight is 278 g/mol. The first-order valence-corrected chi connectivity index (χ1v) is 6.39. The Kier molecular flexibility index (Phi) is 3.78. The van der Waals surface area contributed by atoms with Gasteiger partial charge < -0.3 is 5.73 Å². The van der Waals surface area contributed by atoms with E-state index in [-0.39, 0.29) is 11.8 Å². The van der Waals surface area contributed by atoms with E-state index in [1.165, 1.54) is 4.90 Å². The molecule has 2 amide bonds. The van der Waals surface area contributed by atoms with E-state index in [1.807, 2.05) is 36.4 Å². The van der Waals surface area contributed by atoms with E-state index >= 15 is 0 Å². The van der Waals surface area contributed by atoms with Gasteiger partial charge in [0.15, 0.2) is 0 Å². The molecule has 0 aliphatic carbocycles. The van der Waals surface area contributed by atoms with Gasteiger partial charge in [-0.25, -0.2) is 0 Å². The molecule has 0 bridgehead atoms. The Morgan fingerprint density at radius 3 is 2.67 bits per heavy atom. The maximum absolute atomic E-state index is 11.7. The maximum Gasteiger partial charge on any atom is 0.292 e. The fraction of sp³-hybridized carbons (Fsp3) is 0.0833. The van der Waals surface area contributed by atoms with Crippen molar-refractivity contribution in [2.75, 3.05) is 6.54 Å². The second kappa shape index (κ2) is 5.32. The molecule has 1 aromatic rings. The molecule has 1 aromatic carbocycles. The predicted octanol–water partition coefficient (Wildman–Crippen LogP) is 2.01. The van der Waals surface area contributed by atoms with Gasteiger partial charge in [0.25, 0.3) is 5.24 Å². The summed E-state index contributed by atoms with van der Waals surface area (Å²) in [4.78, 5) is 24.8. The van der Waals surface area contributed by atoms with Crippen molar-refractivity contribution in [3.8, 4) is 0 Å². The Hall–Kier alpha value is -1.66. The highest BCUT2D eigenvalue weighted by atomic mass is 32.2. The van der Waals surface area contributed by atoms with Crippen LogP contribution in [-0.4, -0.2) is 27.6 Å². The van der Waals surface area contributed by atoms with Gasteiger partial charge in [-0.1, -0.05) is 42.5 Å². The fourth-order valence-electron chi connectivity index (χ4n) is 1.49. The second-order valence-corrected chi connectivity index (χ2v) is 5.02. The molecule has 1 aliphatic rings. The van der Waals surface area contributed by atoms with Gasteiger partial charge in [-0.2, -0.15) is 0 Å². The third-order valence-corrected chi connectivity index (χ3v) is 3.78. The number of amides is 2. The molecule has 92 valence electrons. The molecule has 2 N–H and O–H groups in total. The number of carbonyl (C=O) groups is 2. The zero-order chi connectivity index (χ0) is 13.1. The topological polar surface area (TPSA) is 63.4 Å². The summed E-state index contributed by atoms with van der Waals surface area (Å²) in [5.41, 5.74) is 6.03. The summed E-state index contributed by atoms with van der Waals surface area (Å²) in [6.45, 7) is -0.170. The highest BCUT2D eigenvalue weighted by Gasteiger charge is 2.32. The van der Waals surface area contributed by atoms with Gasteiger partial charge in [-0.05, 0) is 23.4 Å². The molecular weight excluding hydrogens is 268 g/mol. The molecule has 0 atom stereocenters. The molecule has 18 heavy (non-hydrogen) atoms. The Morgan fingerprint density at radius 2 is 2.06 bits per heavy atom. The molecule has 0 unspecified atom stereocenters. The van der Waals surface area contributed by atoms with E-state index in [0.717, 1.165) is 17.3 Å². The van der Waals surface area contributed by atoms with Gasteiger partial charge >= 0.3 is 0 Å². The summed E-state index contributed by atoms with van der Waals surface area (Å²) in [5, 5.41) is -0.263. The Morgan fingerprint density at radius 1 is 1.39 bits per heavy atom. The lowest BCUT2D eigenvalue weighted by Crippen LogP contribution is -2.35. The zero-order valence-corrected chi connectivity index (χ0v) is 11.0. The third-order valence-electron chi connectivity index (χ3n) is 2.28. The minimum Gasteiger partial charge on any atom is -0.368 e. The molecule has 6 heteroatoms. The number of thioether (sulfide) groups is 1. The largest absolute Gasteiger partial charge is 0.368 e. The zero-order valence-electron chi connectivity index (χ0n) is 9.33. The highest BCUT2D eigenvalue weighted by Crippen LogP contribution is 2.32. The van der Waals surface area contributed by atoms with E-state index in [9.17, 15) is 9.59 Å². The van der Waals surface area contributed by atoms with E-state index in [0.29, 0.717) is 9.89 Å². The van der Waals surface area contributed by atoms with Crippen molar-refractivity contribution in [3.63, 3.8) is 0 Å². The van der Waals surface area contributed by atoms with Crippen LogP contribution in [0.15, 0.2) is 35.2 Å². The lowest BCUT2D eigenvalue weighted by atomic mass is 10.2. The maximum atomic E-state index is 11.7. The quantitative estimate of drug-likeness (QED) is 0.678. The van der Waals surface area contributed by atoms with Crippen molar-refractivity contribution in [2.45, 2.75) is 0 Å². The SMILES string of the molecule is NC(=O)CN1C(=O)SC(=Cc2ccccc2)C1=S. The molecule has 0 saturated carbocycles. The number of nitrogens with two attached hydrogens (primary N) is 1. The smallest absolute Gasteiger partial charge is 0.292 e. The lowest BCUT2D eigenvalue weighted by molar-refractivity contribution is -0.117. The van der Waals surface area contributed by atoms with Crippen LogP contribution in [0.2, 0.25) is 0 Å². The van der Waals surface area contributed by atoms with Crippen LogP contribution in [0.4, 0.5) is 4.79 Å². The van der Waals surface area contributed by atoms with Gasteiger partial charge in [-0.3, -0.25) is 14.5 Å². The number of benzene rings is 1. The molecule has 0 aromatic heterocycles. The highest BCUT2D eigenvalue weighted by molar-refractivity contribution is 8.19. The fourth-order valence-corrected chi connectivity index (χ4v) is 2.73. The second-order valence-electron chi connectivity index (χ2n) is 3.64. The van der Waals surface area contributed by atoms with Crippen molar-refractivity contribution in [1.82, 2.24) is 4.90 Å². The van der Waals surface area contributed by atoms with Gasteiger partial charge in [0.2, 0.25) is 5.91 Å². The lowest BCUT2D eigenvalue weighted by Gasteiger charge is -2.11. The van der Waals surface area contributed by atoms with E-state index in [2.05, 4.69) is 0 Å². The minimum atomic E-state index is -0.577. The molecule has 1 heterocycles. The Balaban J connectivity index is 2.23. The number of primary amides is 1. The van der Waals surface area contributed by atoms with Crippen LogP contribution in [0.3, 0.4) is 0 Å². The van der Waals surface area contributed by atoms with Gasteiger partial charge in [-0.15, -0.1) is 0 Å². The van der Waals surface area contributed by atoms with Crippen LogP contribution in [0.25, 0.3) is 6.08 Å². The van der Waals surface area contributed by atoms with E-state index < -0.39 is 5.91 Å². The van der Waals surface area contributed by atoms with E-state index in [1.54, 1.807) is 0 Å². The predicted molar refractivity (Wildman–Crippen MR) is 75.9 cm³/mol. The van der Waals surface area contributed by atoms with Crippen LogP contribution < -0.4 is 5.73 Å². The van der Waals surface area contributed by atoms with Crippen LogP contribution in [0.5, 0.6) is 0 Å². The Labute approximate surface area is 114 Å². The molecule has 2 rings (SSSR count). The van der Waals surface area contributed by atoms with Crippen molar-refractivity contribution in [1.29, 1.82) is 0 Å². The monoisotopic (exact) mass is 278 g/mol. The summed E-state index contributed by atoms with van der Waals surface area (Å²) >= 11 is 6.18. The number of thiocarbonyl (C=S) groups is 1. The molecule has 1 fully saturated rings. The van der Waals surface area contributed by atoms with Gasteiger partial charge in [0.1, 0.15) is 11.5 Å².